The topological polar surface area (TPSA) is 72.4 Å². The SMILES string of the molecule is Cc1sc(C(=O)N[C@@H]2[C@H](N)CCCC2(F)F)cc1-c1cnc2ccccn12. The number of nitrogens with zero attached hydrogens (tertiary/aromatic N) is 2. The molecule has 0 saturated heterocycles. The summed E-state index contributed by atoms with van der Waals surface area (Å²) in [5.74, 6) is -3.49. The molecule has 0 bridgehead atoms. The smallest absolute Gasteiger partial charge is 0.269 e. The normalized spacial score (nSPS) is 22.1. The molecule has 8 heteroatoms. The van der Waals surface area contributed by atoms with Crippen LogP contribution in [0.5, 0.6) is 0 Å². The van der Waals surface area contributed by atoms with Gasteiger partial charge in [0.05, 0.1) is 16.8 Å². The molecular formula is C19H20F2N4OS. The highest BCUT2D eigenvalue weighted by molar-refractivity contribution is 7.14. The number of carbonyl (C=O) groups excluding carboxylic acids is 1. The predicted octanol–water partition coefficient (Wildman–Crippen LogP) is 3.62. The lowest BCUT2D eigenvalue weighted by atomic mass is 9.87. The highest BCUT2D eigenvalue weighted by Gasteiger charge is 2.46. The molecule has 3 aromatic heterocycles. The van der Waals surface area contributed by atoms with Crippen LogP contribution >= 0.6 is 11.3 Å². The lowest BCUT2D eigenvalue weighted by Gasteiger charge is -2.36. The number of rotatable bonds is 3. The van der Waals surface area contributed by atoms with Crippen molar-refractivity contribution in [3.63, 3.8) is 0 Å². The lowest BCUT2D eigenvalue weighted by Crippen LogP contribution is -2.59. The van der Waals surface area contributed by atoms with Gasteiger partial charge in [-0.25, -0.2) is 13.8 Å². The minimum atomic E-state index is -2.98. The van der Waals surface area contributed by atoms with E-state index in [0.29, 0.717) is 17.7 Å². The van der Waals surface area contributed by atoms with Crippen molar-refractivity contribution in [2.24, 2.45) is 5.73 Å². The standard InChI is InChI=1S/C19H20F2N4OS/c1-11-12(14-10-23-16-6-2-3-8-25(14)16)9-15(27-11)18(26)24-17-13(22)5-4-7-19(17,20)21/h2-3,6,8-10,13,17H,4-5,7,22H2,1H3,(H,24,26)/t13-,17-/m1/s1. The number of hydrogen-bond acceptors (Lipinski definition) is 4. The largest absolute Gasteiger partial charge is 0.341 e. The number of carbonyl (C=O) groups is 1. The van der Waals surface area contributed by atoms with Crippen LogP contribution in [0.15, 0.2) is 36.7 Å². The number of aryl methyl sites for hydroxylation is 1. The molecule has 1 aliphatic rings. The summed E-state index contributed by atoms with van der Waals surface area (Å²) in [6, 6.07) is 5.36. The number of alkyl halides is 2. The van der Waals surface area contributed by atoms with Crippen molar-refractivity contribution in [1.29, 1.82) is 0 Å². The molecule has 3 heterocycles. The third-order valence-electron chi connectivity index (χ3n) is 5.05. The first-order chi connectivity index (χ1) is 12.9. The van der Waals surface area contributed by atoms with Gasteiger partial charge in [-0.1, -0.05) is 6.07 Å². The van der Waals surface area contributed by atoms with Crippen molar-refractivity contribution in [1.82, 2.24) is 14.7 Å². The maximum absolute atomic E-state index is 14.2. The number of fused-ring (bicyclic) bond motifs is 1. The van der Waals surface area contributed by atoms with Gasteiger partial charge in [0, 0.05) is 29.1 Å². The van der Waals surface area contributed by atoms with Gasteiger partial charge in [-0.05, 0) is 38.0 Å². The van der Waals surface area contributed by atoms with Crippen LogP contribution in [-0.4, -0.2) is 33.3 Å². The Hall–Kier alpha value is -2.32. The van der Waals surface area contributed by atoms with E-state index in [1.54, 1.807) is 12.3 Å². The molecule has 27 heavy (non-hydrogen) atoms. The van der Waals surface area contributed by atoms with Crippen LogP contribution in [-0.2, 0) is 0 Å². The second kappa shape index (κ2) is 6.69. The molecule has 0 spiro atoms. The van der Waals surface area contributed by atoms with E-state index in [-0.39, 0.29) is 6.42 Å². The molecule has 142 valence electrons. The number of nitrogens with one attached hydrogen (secondary N) is 1. The number of halogens is 2. The van der Waals surface area contributed by atoms with E-state index in [2.05, 4.69) is 10.3 Å². The number of thiophene rings is 1. The van der Waals surface area contributed by atoms with Gasteiger partial charge in [0.1, 0.15) is 11.7 Å². The summed E-state index contributed by atoms with van der Waals surface area (Å²) in [4.78, 5) is 18.3. The molecule has 0 unspecified atom stereocenters. The van der Waals surface area contributed by atoms with Gasteiger partial charge in [-0.2, -0.15) is 0 Å². The number of hydrogen-bond donors (Lipinski definition) is 2. The summed E-state index contributed by atoms with van der Waals surface area (Å²) in [6.07, 6.45) is 4.25. The summed E-state index contributed by atoms with van der Waals surface area (Å²) in [5, 5.41) is 2.47. The molecule has 4 rings (SSSR count). The molecule has 0 aromatic carbocycles. The number of nitrogens with two attached hydrogens (primary N) is 1. The first-order valence-electron chi connectivity index (χ1n) is 8.84. The molecule has 0 radical (unpaired) electrons. The molecular weight excluding hydrogens is 370 g/mol. The molecule has 5 nitrogen and oxygen atoms in total. The van der Waals surface area contributed by atoms with Crippen LogP contribution in [0, 0.1) is 6.92 Å². The summed E-state index contributed by atoms with van der Waals surface area (Å²) in [7, 11) is 0. The van der Waals surface area contributed by atoms with Crippen LogP contribution in [0.2, 0.25) is 0 Å². The van der Waals surface area contributed by atoms with Crippen molar-refractivity contribution >= 4 is 22.9 Å². The fourth-order valence-electron chi connectivity index (χ4n) is 3.61. The Morgan fingerprint density at radius 3 is 3.04 bits per heavy atom. The van der Waals surface area contributed by atoms with Gasteiger partial charge in [-0.15, -0.1) is 11.3 Å². The Kier molecular flexibility index (Phi) is 4.47. The van der Waals surface area contributed by atoms with Gasteiger partial charge in [0.2, 0.25) is 0 Å². The van der Waals surface area contributed by atoms with Gasteiger partial charge < -0.3 is 11.1 Å². The Balaban J connectivity index is 1.62. The quantitative estimate of drug-likeness (QED) is 0.718. The van der Waals surface area contributed by atoms with Crippen molar-refractivity contribution in [2.75, 3.05) is 0 Å². The van der Waals surface area contributed by atoms with Crippen LogP contribution in [0.3, 0.4) is 0 Å². The summed E-state index contributed by atoms with van der Waals surface area (Å²) < 4.78 is 30.3. The van der Waals surface area contributed by atoms with E-state index in [9.17, 15) is 13.6 Å². The summed E-state index contributed by atoms with van der Waals surface area (Å²) >= 11 is 1.28. The minimum absolute atomic E-state index is 0.248. The number of pyridine rings is 1. The van der Waals surface area contributed by atoms with E-state index in [1.807, 2.05) is 35.7 Å². The van der Waals surface area contributed by atoms with Crippen LogP contribution in [0.4, 0.5) is 8.78 Å². The van der Waals surface area contributed by atoms with Crippen LogP contribution < -0.4 is 11.1 Å². The van der Waals surface area contributed by atoms with Crippen molar-refractivity contribution in [2.45, 2.75) is 44.2 Å². The zero-order chi connectivity index (χ0) is 19.2. The molecule has 1 saturated carbocycles. The Labute approximate surface area is 159 Å². The Bertz CT molecular complexity index is 997. The van der Waals surface area contributed by atoms with E-state index in [0.717, 1.165) is 21.8 Å². The Morgan fingerprint density at radius 1 is 1.44 bits per heavy atom. The van der Waals surface area contributed by atoms with Gasteiger partial charge in [0.25, 0.3) is 11.8 Å². The summed E-state index contributed by atoms with van der Waals surface area (Å²) in [6.45, 7) is 1.90. The molecule has 3 aromatic rings. The van der Waals surface area contributed by atoms with E-state index in [1.165, 1.54) is 11.3 Å². The Morgan fingerprint density at radius 2 is 2.26 bits per heavy atom. The van der Waals surface area contributed by atoms with Crippen LogP contribution in [0.25, 0.3) is 16.9 Å². The molecule has 1 amide bonds. The highest BCUT2D eigenvalue weighted by atomic mass is 32.1. The maximum Gasteiger partial charge on any atom is 0.269 e. The maximum atomic E-state index is 14.2. The molecule has 3 N–H and O–H groups in total. The van der Waals surface area contributed by atoms with Gasteiger partial charge in [0.15, 0.2) is 0 Å². The monoisotopic (exact) mass is 390 g/mol. The third-order valence-corrected chi connectivity index (χ3v) is 6.10. The third kappa shape index (κ3) is 3.23. The highest BCUT2D eigenvalue weighted by Crippen LogP contribution is 2.35. The van der Waals surface area contributed by atoms with Crippen molar-refractivity contribution in [3.05, 3.63) is 46.4 Å². The molecule has 2 atom stereocenters. The first-order valence-corrected chi connectivity index (χ1v) is 9.65. The van der Waals surface area contributed by atoms with E-state index >= 15 is 0 Å². The number of amides is 1. The van der Waals surface area contributed by atoms with Gasteiger partial charge >= 0.3 is 0 Å². The van der Waals surface area contributed by atoms with Crippen LogP contribution in [0.1, 0.15) is 33.8 Å². The minimum Gasteiger partial charge on any atom is -0.341 e. The first kappa shape index (κ1) is 18.1. The zero-order valence-corrected chi connectivity index (χ0v) is 15.6. The predicted molar refractivity (Wildman–Crippen MR) is 101 cm³/mol. The fourth-order valence-corrected chi connectivity index (χ4v) is 4.55. The average molecular weight is 390 g/mol. The molecule has 1 fully saturated rings. The van der Waals surface area contributed by atoms with Crippen molar-refractivity contribution in [3.8, 4) is 11.3 Å². The fraction of sp³-hybridized carbons (Fsp3) is 0.368. The van der Waals surface area contributed by atoms with E-state index in [4.69, 9.17) is 5.73 Å². The van der Waals surface area contributed by atoms with Crippen molar-refractivity contribution < 1.29 is 13.6 Å². The lowest BCUT2D eigenvalue weighted by molar-refractivity contribution is -0.0674. The second-order valence-corrected chi connectivity index (χ2v) is 8.18. The van der Waals surface area contributed by atoms with Gasteiger partial charge in [-0.3, -0.25) is 9.20 Å². The van der Waals surface area contributed by atoms with E-state index < -0.39 is 23.9 Å². The molecule has 0 aliphatic heterocycles. The number of aromatic nitrogens is 2. The number of imidazole rings is 1. The average Bonchev–Trinajstić information content (AvgIpc) is 3.21. The molecule has 1 aliphatic carbocycles. The zero-order valence-electron chi connectivity index (χ0n) is 14.8. The second-order valence-electron chi connectivity index (χ2n) is 6.92. The summed E-state index contributed by atoms with van der Waals surface area (Å²) in [5.41, 5.74) is 8.38.